The average molecular weight is 474 g/mol. The van der Waals surface area contributed by atoms with Crippen LogP contribution in [0.1, 0.15) is 15.9 Å². The Bertz CT molecular complexity index is 1120. The van der Waals surface area contributed by atoms with Gasteiger partial charge in [-0.3, -0.25) is 9.59 Å². The summed E-state index contributed by atoms with van der Waals surface area (Å²) in [5.41, 5.74) is -2.01. The number of alkyl halides is 6. The Kier molecular flexibility index (Phi) is 8.10. The topological polar surface area (TPSA) is 80.4 Å². The van der Waals surface area contributed by atoms with Gasteiger partial charge in [0.2, 0.25) is 5.56 Å². The average Bonchev–Trinajstić information content (AvgIpc) is 2.68. The van der Waals surface area contributed by atoms with Gasteiger partial charge in [-0.15, -0.1) is 13.2 Å². The summed E-state index contributed by atoms with van der Waals surface area (Å²) in [6.45, 7) is 2.82. The molecule has 2 rings (SSSR count). The van der Waals surface area contributed by atoms with Crippen LogP contribution < -0.4 is 15.6 Å². The van der Waals surface area contributed by atoms with Crippen molar-refractivity contribution >= 4 is 11.6 Å². The van der Waals surface area contributed by atoms with Gasteiger partial charge in [0.05, 0.1) is 11.1 Å². The van der Waals surface area contributed by atoms with Crippen LogP contribution in [0.25, 0.3) is 0 Å². The second-order valence-corrected chi connectivity index (χ2v) is 6.22. The van der Waals surface area contributed by atoms with E-state index in [2.05, 4.69) is 21.6 Å². The highest BCUT2D eigenvalue weighted by Gasteiger charge is 2.32. The first kappa shape index (κ1) is 25.3. The van der Waals surface area contributed by atoms with E-state index in [0.29, 0.717) is 6.07 Å². The number of hydrogen-bond acceptors (Lipinski definition) is 4. The van der Waals surface area contributed by atoms with Crippen LogP contribution in [0.5, 0.6) is 5.75 Å². The molecule has 1 aromatic carbocycles. The van der Waals surface area contributed by atoms with E-state index < -0.39 is 40.9 Å². The largest absolute Gasteiger partial charge is 0.573 e. The van der Waals surface area contributed by atoms with E-state index in [9.17, 15) is 35.9 Å². The molecule has 0 aliphatic heterocycles. The van der Waals surface area contributed by atoms with Gasteiger partial charge in [-0.25, -0.2) is 0 Å². The van der Waals surface area contributed by atoms with Crippen LogP contribution in [0.4, 0.5) is 32.0 Å². The number of benzene rings is 1. The van der Waals surface area contributed by atoms with E-state index in [4.69, 9.17) is 4.74 Å². The van der Waals surface area contributed by atoms with Gasteiger partial charge in [-0.2, -0.15) is 13.2 Å². The molecule has 0 saturated carbocycles. The van der Waals surface area contributed by atoms with Crippen molar-refractivity contribution in [3.8, 4) is 5.75 Å². The second kappa shape index (κ2) is 10.6. The summed E-state index contributed by atoms with van der Waals surface area (Å²) < 4.78 is 84.1. The third-order valence-corrected chi connectivity index (χ3v) is 3.70. The summed E-state index contributed by atoms with van der Waals surface area (Å²) in [5, 5.41) is 2.31. The van der Waals surface area contributed by atoms with Gasteiger partial charge in [0.15, 0.2) is 0 Å². The number of aromatic nitrogens is 1. The third-order valence-electron chi connectivity index (χ3n) is 3.70. The number of ether oxygens (including phenoxy) is 2. The molecule has 2 N–H and O–H groups in total. The smallest absolute Gasteiger partial charge is 0.489 e. The predicted molar refractivity (Wildman–Crippen MR) is 107 cm³/mol. The molecule has 6 nitrogen and oxygen atoms in total. The molecule has 0 atom stereocenters. The summed E-state index contributed by atoms with van der Waals surface area (Å²) in [6, 6.07) is 4.65. The Morgan fingerprint density at radius 3 is 2.45 bits per heavy atom. The zero-order valence-electron chi connectivity index (χ0n) is 16.6. The lowest BCUT2D eigenvalue weighted by Gasteiger charge is -2.14. The molecule has 1 heterocycles. The zero-order chi connectivity index (χ0) is 24.6. The molecule has 0 saturated heterocycles. The molecule has 12 heteroatoms. The van der Waals surface area contributed by atoms with E-state index in [1.54, 1.807) is 0 Å². The third kappa shape index (κ3) is 8.59. The van der Waals surface area contributed by atoms with Gasteiger partial charge in [-0.05, 0) is 36.4 Å². The second-order valence-electron chi connectivity index (χ2n) is 6.22. The Balaban J connectivity index is 2.13. The number of halogens is 6. The highest BCUT2D eigenvalue weighted by molar-refractivity contribution is 6.06. The Morgan fingerprint density at radius 1 is 1.09 bits per heavy atom. The summed E-state index contributed by atoms with van der Waals surface area (Å²) in [7, 11) is 0. The van der Waals surface area contributed by atoms with Crippen molar-refractivity contribution in [2.75, 3.05) is 11.9 Å². The van der Waals surface area contributed by atoms with Gasteiger partial charge in [-0.1, -0.05) is 18.7 Å². The van der Waals surface area contributed by atoms with E-state index >= 15 is 0 Å². The van der Waals surface area contributed by atoms with Gasteiger partial charge in [0.25, 0.3) is 5.91 Å². The molecule has 1 aromatic heterocycles. The molecule has 176 valence electrons. The number of carbonyl (C=O) groups excluding carboxylic acids is 1. The lowest BCUT2D eigenvalue weighted by Crippen LogP contribution is -2.17. The minimum Gasteiger partial charge on any atom is -0.489 e. The lowest BCUT2D eigenvalue weighted by atomic mass is 10.1. The van der Waals surface area contributed by atoms with Crippen LogP contribution >= 0.6 is 0 Å². The molecule has 0 radical (unpaired) electrons. The Labute approximate surface area is 182 Å². The van der Waals surface area contributed by atoms with Crippen LogP contribution in [0.2, 0.25) is 0 Å². The number of pyridine rings is 1. The highest BCUT2D eigenvalue weighted by atomic mass is 19.4. The van der Waals surface area contributed by atoms with Crippen molar-refractivity contribution in [1.82, 2.24) is 4.98 Å². The van der Waals surface area contributed by atoms with Crippen LogP contribution in [0.15, 0.2) is 78.0 Å². The molecule has 0 fully saturated rings. The summed E-state index contributed by atoms with van der Waals surface area (Å²) in [5.74, 6) is -1.80. The molecule has 0 aliphatic carbocycles. The fourth-order valence-electron chi connectivity index (χ4n) is 2.35. The Hall–Kier alpha value is -3.96. The molecule has 2 aromatic rings. The molecule has 0 aliphatic rings. The van der Waals surface area contributed by atoms with E-state index in [1.807, 2.05) is 0 Å². The number of allylic oxidation sites excluding steroid dienone is 3. The summed E-state index contributed by atoms with van der Waals surface area (Å²) >= 11 is 0. The first-order valence-electron chi connectivity index (χ1n) is 8.97. The lowest BCUT2D eigenvalue weighted by molar-refractivity contribution is -0.303. The molecule has 33 heavy (non-hydrogen) atoms. The van der Waals surface area contributed by atoms with Crippen molar-refractivity contribution in [1.29, 1.82) is 0 Å². The first-order chi connectivity index (χ1) is 15.3. The molecule has 1 amide bonds. The molecule has 0 bridgehead atoms. The van der Waals surface area contributed by atoms with Crippen LogP contribution in [-0.2, 0) is 10.9 Å². The van der Waals surface area contributed by atoms with Gasteiger partial charge < -0.3 is 19.8 Å². The standard InChI is InChI=1S/C21H16F6N2O4/c1-13(33-21(25,26)27)5-3-2-4-10-32-17-7-6-14(20(22,23)24)11-16(17)19(31)29-15-8-9-28-18(30)12-15/h2-9,11-12H,1,10H2,(H2,28,29,30,31)/b4-2-,5-3-. The van der Waals surface area contributed by atoms with Gasteiger partial charge in [0, 0.05) is 18.0 Å². The minimum atomic E-state index is -4.87. The molecule has 0 spiro atoms. The Morgan fingerprint density at radius 2 is 1.82 bits per heavy atom. The fourth-order valence-corrected chi connectivity index (χ4v) is 2.35. The number of carbonyl (C=O) groups is 1. The van der Waals surface area contributed by atoms with Gasteiger partial charge in [0.1, 0.15) is 18.1 Å². The fraction of sp³-hybridized carbons (Fsp3) is 0.143. The summed E-state index contributed by atoms with van der Waals surface area (Å²) in [4.78, 5) is 26.2. The van der Waals surface area contributed by atoms with Crippen LogP contribution in [0, 0.1) is 0 Å². The molecular weight excluding hydrogens is 458 g/mol. The first-order valence-corrected chi connectivity index (χ1v) is 8.97. The number of amides is 1. The SMILES string of the molecule is C=C(/C=C\C=C/COc1ccc(C(F)(F)F)cc1C(=O)Nc1cc[nH]c(=O)c1)OC(F)(F)F. The minimum absolute atomic E-state index is 0.0541. The number of nitrogens with one attached hydrogen (secondary N) is 2. The number of hydrogen-bond donors (Lipinski definition) is 2. The zero-order valence-corrected chi connectivity index (χ0v) is 16.6. The molecular formula is C21H16F6N2O4. The van der Waals surface area contributed by atoms with E-state index in [-0.39, 0.29) is 18.0 Å². The van der Waals surface area contributed by atoms with Gasteiger partial charge >= 0.3 is 12.5 Å². The highest BCUT2D eigenvalue weighted by Crippen LogP contribution is 2.33. The van der Waals surface area contributed by atoms with Crippen molar-refractivity contribution < 1.29 is 40.6 Å². The summed E-state index contributed by atoms with van der Waals surface area (Å²) in [6.07, 6.45) is -3.63. The van der Waals surface area contributed by atoms with Crippen LogP contribution in [-0.4, -0.2) is 23.9 Å². The molecule has 0 unspecified atom stereocenters. The quantitative estimate of drug-likeness (QED) is 0.314. The van der Waals surface area contributed by atoms with Crippen molar-refractivity contribution in [3.05, 3.63) is 94.7 Å². The van der Waals surface area contributed by atoms with Crippen LogP contribution in [0.3, 0.4) is 0 Å². The predicted octanol–water partition coefficient (Wildman–Crippen LogP) is 5.19. The maximum absolute atomic E-state index is 13.1. The monoisotopic (exact) mass is 474 g/mol. The number of rotatable bonds is 8. The normalized spacial score (nSPS) is 12.2. The number of anilines is 1. The number of H-pyrrole nitrogens is 1. The van der Waals surface area contributed by atoms with Crippen molar-refractivity contribution in [3.63, 3.8) is 0 Å². The van der Waals surface area contributed by atoms with E-state index in [1.165, 1.54) is 30.5 Å². The van der Waals surface area contributed by atoms with E-state index in [0.717, 1.165) is 24.3 Å². The van der Waals surface area contributed by atoms with Crippen molar-refractivity contribution in [2.45, 2.75) is 12.5 Å². The maximum atomic E-state index is 13.1. The van der Waals surface area contributed by atoms with Crippen molar-refractivity contribution in [2.24, 2.45) is 0 Å². The number of aromatic amines is 1. The maximum Gasteiger partial charge on any atom is 0.573 e.